The molecule has 3 N–H and O–H groups in total. The molecule has 2 aliphatic rings. The maximum absolute atomic E-state index is 14.7. The lowest BCUT2D eigenvalue weighted by Gasteiger charge is -2.35. The molecule has 40 heavy (non-hydrogen) atoms. The first kappa shape index (κ1) is 27.1. The summed E-state index contributed by atoms with van der Waals surface area (Å²) in [5, 5.41) is 2.93. The Morgan fingerprint density at radius 1 is 1.23 bits per heavy atom. The van der Waals surface area contributed by atoms with Gasteiger partial charge in [-0.15, -0.1) is 0 Å². The lowest BCUT2D eigenvalue weighted by molar-refractivity contribution is -0.172. The second-order valence-electron chi connectivity index (χ2n) is 9.35. The number of halogens is 1. The molecule has 1 atom stereocenters. The van der Waals surface area contributed by atoms with Gasteiger partial charge in [0.2, 0.25) is 5.60 Å². The van der Waals surface area contributed by atoms with Crippen molar-refractivity contribution >= 4 is 28.9 Å². The third kappa shape index (κ3) is 4.13. The smallest absolute Gasteiger partial charge is 0.408 e. The molecule has 4 heterocycles. The Kier molecular flexibility index (Phi) is 6.92. The molecule has 0 unspecified atom stereocenters. The number of nitrogens with zero attached hydrogens (tertiary/aromatic N) is 2. The fourth-order valence-corrected chi connectivity index (χ4v) is 5.26. The van der Waals surface area contributed by atoms with Crippen molar-refractivity contribution in [1.82, 2.24) is 14.9 Å². The van der Waals surface area contributed by atoms with Crippen LogP contribution in [0.15, 0.2) is 23.0 Å². The summed E-state index contributed by atoms with van der Waals surface area (Å²) in [6, 6.07) is 4.21. The number of nitrogens with one attached hydrogen (secondary N) is 1. The van der Waals surface area contributed by atoms with Crippen molar-refractivity contribution in [2.45, 2.75) is 38.5 Å². The number of fused-ring (bicyclic) bond motifs is 5. The number of methoxy groups -OCH3 is 2. The van der Waals surface area contributed by atoms with Crippen LogP contribution >= 0.6 is 0 Å². The zero-order chi connectivity index (χ0) is 28.8. The second kappa shape index (κ2) is 10.2. The van der Waals surface area contributed by atoms with Gasteiger partial charge >= 0.3 is 18.0 Å². The normalized spacial score (nSPS) is 17.0. The zero-order valence-electron chi connectivity index (χ0n) is 22.1. The van der Waals surface area contributed by atoms with Crippen LogP contribution in [0.1, 0.15) is 35.6 Å². The molecule has 2 aliphatic heterocycles. The number of carbonyl (C=O) groups is 3. The topological polar surface area (TPSA) is 161 Å². The van der Waals surface area contributed by atoms with Crippen molar-refractivity contribution in [3.63, 3.8) is 0 Å². The predicted molar refractivity (Wildman–Crippen MR) is 138 cm³/mol. The zero-order valence-corrected chi connectivity index (χ0v) is 22.1. The van der Waals surface area contributed by atoms with Crippen LogP contribution in [-0.2, 0) is 49.0 Å². The Labute approximate surface area is 227 Å². The molecule has 1 amide bonds. The van der Waals surface area contributed by atoms with E-state index in [1.165, 1.54) is 30.9 Å². The molecule has 0 aliphatic carbocycles. The van der Waals surface area contributed by atoms with Gasteiger partial charge in [-0.05, 0) is 24.1 Å². The van der Waals surface area contributed by atoms with Crippen LogP contribution in [0.2, 0.25) is 0 Å². The van der Waals surface area contributed by atoms with Crippen LogP contribution in [0.5, 0.6) is 5.75 Å². The average Bonchev–Trinajstić information content (AvgIpc) is 3.31. The summed E-state index contributed by atoms with van der Waals surface area (Å²) in [4.78, 5) is 56.4. The quantitative estimate of drug-likeness (QED) is 0.254. The number of esters is 2. The third-order valence-electron chi connectivity index (χ3n) is 7.28. The van der Waals surface area contributed by atoms with Crippen molar-refractivity contribution in [2.24, 2.45) is 5.73 Å². The monoisotopic (exact) mass is 554 g/mol. The standard InChI is InChI=1S/C27H27FN4O8/c1-4-27(40-26(36)30-6-5-29)17-9-20-23-15(11-32(20)24(34)16(17)12-39-25(27)35)13(8-22(33)38-3)14-7-21(37-2)18(28)10-19(14)31-23/h7,9-10H,4-6,8,11-12,29H2,1-3H3,(H,30,36)/t27-/m0/s1. The molecule has 0 spiro atoms. The van der Waals surface area contributed by atoms with E-state index in [0.29, 0.717) is 27.9 Å². The van der Waals surface area contributed by atoms with Gasteiger partial charge in [0.25, 0.3) is 5.56 Å². The SMILES string of the molecule is CC[C@@]1(OC(=O)NCCN)C(=O)OCc2c1cc1n(c2=O)Cc2c-1nc1cc(F)c(OC)cc1c2CC(=O)OC. The molecule has 13 heteroatoms. The summed E-state index contributed by atoms with van der Waals surface area (Å²) in [6.45, 7) is 1.63. The molecule has 0 saturated heterocycles. The van der Waals surface area contributed by atoms with E-state index in [9.17, 15) is 23.6 Å². The largest absolute Gasteiger partial charge is 0.494 e. The Balaban J connectivity index is 1.75. The number of hydrogen-bond donors (Lipinski definition) is 2. The highest BCUT2D eigenvalue weighted by Crippen LogP contribution is 2.42. The van der Waals surface area contributed by atoms with E-state index in [4.69, 9.17) is 24.7 Å². The van der Waals surface area contributed by atoms with Crippen molar-refractivity contribution in [3.05, 3.63) is 56.6 Å². The van der Waals surface area contributed by atoms with E-state index in [2.05, 4.69) is 10.3 Å². The van der Waals surface area contributed by atoms with Crippen LogP contribution < -0.4 is 21.3 Å². The summed E-state index contributed by atoms with van der Waals surface area (Å²) in [5.74, 6) is -2.05. The number of alkyl carbamates (subject to hydrolysis) is 1. The molecule has 5 rings (SSSR count). The maximum atomic E-state index is 14.7. The van der Waals surface area contributed by atoms with Gasteiger partial charge in [0.1, 0.15) is 6.61 Å². The Morgan fingerprint density at radius 2 is 2.00 bits per heavy atom. The highest BCUT2D eigenvalue weighted by molar-refractivity contribution is 5.93. The highest BCUT2D eigenvalue weighted by Gasteiger charge is 2.50. The Morgan fingerprint density at radius 3 is 2.67 bits per heavy atom. The van der Waals surface area contributed by atoms with Crippen molar-refractivity contribution in [2.75, 3.05) is 27.3 Å². The van der Waals surface area contributed by atoms with Gasteiger partial charge in [0.05, 0.1) is 49.7 Å². The molecule has 210 valence electrons. The number of amides is 1. The highest BCUT2D eigenvalue weighted by atomic mass is 19.1. The van der Waals surface area contributed by atoms with E-state index < -0.39 is 35.0 Å². The summed E-state index contributed by atoms with van der Waals surface area (Å²) in [7, 11) is 2.58. The minimum absolute atomic E-state index is 0.0195. The van der Waals surface area contributed by atoms with Gasteiger partial charge in [-0.3, -0.25) is 9.59 Å². The predicted octanol–water partition coefficient (Wildman–Crippen LogP) is 1.64. The Hall–Kier alpha value is -4.52. The first-order valence-corrected chi connectivity index (χ1v) is 12.6. The van der Waals surface area contributed by atoms with E-state index in [0.717, 1.165) is 0 Å². The lowest BCUT2D eigenvalue weighted by atomic mass is 9.85. The summed E-state index contributed by atoms with van der Waals surface area (Å²) in [5.41, 5.74) is 5.34. The molecule has 0 bridgehead atoms. The van der Waals surface area contributed by atoms with E-state index >= 15 is 0 Å². The molecule has 2 aromatic heterocycles. The molecule has 1 aromatic carbocycles. The number of rotatable bonds is 7. The van der Waals surface area contributed by atoms with E-state index in [1.54, 1.807) is 13.0 Å². The number of nitrogens with two attached hydrogens (primary N) is 1. The number of cyclic esters (lactones) is 1. The second-order valence-corrected chi connectivity index (χ2v) is 9.35. The molecule has 0 saturated carbocycles. The van der Waals surface area contributed by atoms with Crippen LogP contribution in [0.25, 0.3) is 22.3 Å². The molecular formula is C27H27FN4O8. The molecule has 0 radical (unpaired) electrons. The fraction of sp³-hybridized carbons (Fsp3) is 0.370. The number of hydrogen-bond acceptors (Lipinski definition) is 10. The number of carbonyl (C=O) groups excluding carboxylic acids is 3. The molecule has 3 aromatic rings. The van der Waals surface area contributed by atoms with Crippen molar-refractivity contribution in [3.8, 4) is 17.1 Å². The van der Waals surface area contributed by atoms with Crippen LogP contribution in [0, 0.1) is 5.82 Å². The number of aromatic nitrogens is 2. The van der Waals surface area contributed by atoms with E-state index in [-0.39, 0.29) is 61.5 Å². The van der Waals surface area contributed by atoms with Crippen molar-refractivity contribution < 1.29 is 37.7 Å². The minimum atomic E-state index is -1.89. The average molecular weight is 555 g/mol. The van der Waals surface area contributed by atoms with Gasteiger partial charge in [-0.2, -0.15) is 0 Å². The molecule has 0 fully saturated rings. The molecule has 12 nitrogen and oxygen atoms in total. The van der Waals surface area contributed by atoms with Gasteiger partial charge in [-0.1, -0.05) is 6.92 Å². The summed E-state index contributed by atoms with van der Waals surface area (Å²) < 4.78 is 37.1. The summed E-state index contributed by atoms with van der Waals surface area (Å²) >= 11 is 0. The van der Waals surface area contributed by atoms with Crippen LogP contribution in [0.4, 0.5) is 9.18 Å². The maximum Gasteiger partial charge on any atom is 0.408 e. The number of pyridine rings is 2. The Bertz CT molecular complexity index is 1640. The van der Waals surface area contributed by atoms with Gasteiger partial charge < -0.3 is 34.6 Å². The molecular weight excluding hydrogens is 527 g/mol. The summed E-state index contributed by atoms with van der Waals surface area (Å²) in [6.07, 6.45) is -1.08. The first-order valence-electron chi connectivity index (χ1n) is 12.6. The van der Waals surface area contributed by atoms with Crippen molar-refractivity contribution in [1.29, 1.82) is 0 Å². The third-order valence-corrected chi connectivity index (χ3v) is 7.28. The van der Waals surface area contributed by atoms with Gasteiger partial charge in [0, 0.05) is 35.7 Å². The van der Waals surface area contributed by atoms with E-state index in [1.807, 2.05) is 0 Å². The number of benzene rings is 1. The van der Waals surface area contributed by atoms with Gasteiger partial charge in [0.15, 0.2) is 11.6 Å². The van der Waals surface area contributed by atoms with Crippen LogP contribution in [0.3, 0.4) is 0 Å². The minimum Gasteiger partial charge on any atom is -0.494 e. The van der Waals surface area contributed by atoms with Crippen LogP contribution in [-0.4, -0.2) is 54.9 Å². The number of ether oxygens (including phenoxy) is 4. The lowest BCUT2D eigenvalue weighted by Crippen LogP contribution is -2.49. The first-order chi connectivity index (χ1) is 19.2. The fourth-order valence-electron chi connectivity index (χ4n) is 5.26. The van der Waals surface area contributed by atoms with Gasteiger partial charge in [-0.25, -0.2) is 19.0 Å².